The van der Waals surface area contributed by atoms with Crippen LogP contribution in [0.5, 0.6) is 0 Å². The zero-order valence-corrected chi connectivity index (χ0v) is 11.8. The van der Waals surface area contributed by atoms with Gasteiger partial charge in [-0.15, -0.1) is 0 Å². The van der Waals surface area contributed by atoms with Crippen LogP contribution in [0, 0.1) is 15.9 Å². The average Bonchev–Trinajstić information content (AvgIpc) is 2.97. The van der Waals surface area contributed by atoms with Crippen molar-refractivity contribution in [2.75, 3.05) is 19.6 Å². The van der Waals surface area contributed by atoms with Crippen molar-refractivity contribution < 1.29 is 14.1 Å². The van der Waals surface area contributed by atoms with Gasteiger partial charge in [-0.05, 0) is 31.5 Å². The van der Waals surface area contributed by atoms with E-state index in [-0.39, 0.29) is 11.6 Å². The summed E-state index contributed by atoms with van der Waals surface area (Å²) in [5.74, 6) is -1.12. The van der Waals surface area contributed by atoms with Crippen LogP contribution in [0.25, 0.3) is 0 Å². The molecule has 114 valence electrons. The van der Waals surface area contributed by atoms with E-state index in [1.165, 1.54) is 6.07 Å². The van der Waals surface area contributed by atoms with Crippen LogP contribution >= 0.6 is 0 Å². The first kappa shape index (κ1) is 15.4. The van der Waals surface area contributed by atoms with Gasteiger partial charge in [-0.1, -0.05) is 6.92 Å². The number of carbonyl (C=O) groups excluding carboxylic acids is 1. The number of hydrogen-bond donors (Lipinski definition) is 1. The van der Waals surface area contributed by atoms with Crippen molar-refractivity contribution >= 4 is 11.6 Å². The number of halogens is 1. The highest BCUT2D eigenvalue weighted by Gasteiger charge is 2.30. The van der Waals surface area contributed by atoms with Crippen LogP contribution in [0.3, 0.4) is 0 Å². The molecule has 1 aliphatic rings. The number of amides is 1. The molecule has 1 atom stereocenters. The molecule has 2 rings (SSSR count). The molecule has 7 heteroatoms. The molecule has 1 saturated heterocycles. The largest absolute Gasteiger partial charge is 0.334 e. The van der Waals surface area contributed by atoms with Gasteiger partial charge in [-0.3, -0.25) is 14.9 Å². The lowest BCUT2D eigenvalue weighted by atomic mass is 10.1. The van der Waals surface area contributed by atoms with Gasteiger partial charge in [0.15, 0.2) is 0 Å². The Balaban J connectivity index is 2.34. The van der Waals surface area contributed by atoms with Gasteiger partial charge < -0.3 is 10.2 Å². The lowest BCUT2D eigenvalue weighted by Crippen LogP contribution is -2.42. The number of benzene rings is 1. The Labute approximate surface area is 122 Å². The molecule has 0 spiro atoms. The van der Waals surface area contributed by atoms with Crippen LogP contribution in [0.2, 0.25) is 0 Å². The Kier molecular flexibility index (Phi) is 4.85. The Bertz CT molecular complexity index is 544. The predicted octanol–water partition coefficient (Wildman–Crippen LogP) is 1.95. The number of hydrogen-bond acceptors (Lipinski definition) is 4. The van der Waals surface area contributed by atoms with E-state index < -0.39 is 22.3 Å². The van der Waals surface area contributed by atoms with Crippen LogP contribution < -0.4 is 5.32 Å². The number of rotatable bonds is 5. The monoisotopic (exact) mass is 295 g/mol. The molecule has 0 aliphatic carbocycles. The summed E-state index contributed by atoms with van der Waals surface area (Å²) in [6.07, 6.45) is 1.58. The Morgan fingerprint density at radius 3 is 2.90 bits per heavy atom. The molecule has 1 aromatic rings. The van der Waals surface area contributed by atoms with E-state index in [9.17, 15) is 19.3 Å². The predicted molar refractivity (Wildman–Crippen MR) is 75.7 cm³/mol. The van der Waals surface area contributed by atoms with E-state index in [1.807, 2.05) is 6.92 Å². The van der Waals surface area contributed by atoms with Crippen LogP contribution in [0.15, 0.2) is 18.2 Å². The fraction of sp³-hybridized carbons (Fsp3) is 0.500. The van der Waals surface area contributed by atoms with Gasteiger partial charge in [0.05, 0.1) is 11.0 Å². The smallest absolute Gasteiger partial charge is 0.285 e. The maximum atomic E-state index is 13.2. The van der Waals surface area contributed by atoms with E-state index in [4.69, 9.17) is 0 Å². The molecule has 1 unspecified atom stereocenters. The molecule has 0 saturated carbocycles. The lowest BCUT2D eigenvalue weighted by Gasteiger charge is -2.28. The fourth-order valence-corrected chi connectivity index (χ4v) is 2.59. The van der Waals surface area contributed by atoms with Crippen molar-refractivity contribution in [1.29, 1.82) is 0 Å². The summed E-state index contributed by atoms with van der Waals surface area (Å²) in [6, 6.07) is 3.10. The first-order chi connectivity index (χ1) is 10.0. The summed E-state index contributed by atoms with van der Waals surface area (Å²) in [6.45, 7) is 3.98. The quantitative estimate of drug-likeness (QED) is 0.665. The maximum absolute atomic E-state index is 13.2. The van der Waals surface area contributed by atoms with Crippen LogP contribution in [-0.2, 0) is 0 Å². The molecule has 0 aromatic heterocycles. The highest BCUT2D eigenvalue weighted by molar-refractivity contribution is 5.98. The highest BCUT2D eigenvalue weighted by Crippen LogP contribution is 2.23. The van der Waals surface area contributed by atoms with Crippen LogP contribution in [0.4, 0.5) is 10.1 Å². The highest BCUT2D eigenvalue weighted by atomic mass is 19.1. The Hall–Kier alpha value is -2.02. The van der Waals surface area contributed by atoms with Gasteiger partial charge in [0.25, 0.3) is 11.6 Å². The molecule has 1 amide bonds. The third-order valence-electron chi connectivity index (χ3n) is 3.59. The molecule has 1 aliphatic heterocycles. The molecule has 1 N–H and O–H groups in total. The SMILES string of the molecule is CCCN(C(=O)c1ccc(F)cc1[N+](=O)[O-])C1CCNC1. The van der Waals surface area contributed by atoms with Crippen LogP contribution in [0.1, 0.15) is 30.1 Å². The van der Waals surface area contributed by atoms with Gasteiger partial charge in [0, 0.05) is 19.1 Å². The Morgan fingerprint density at radius 2 is 2.33 bits per heavy atom. The normalized spacial score (nSPS) is 17.7. The second kappa shape index (κ2) is 6.62. The van der Waals surface area contributed by atoms with Gasteiger partial charge in [0.1, 0.15) is 11.4 Å². The summed E-state index contributed by atoms with van der Waals surface area (Å²) < 4.78 is 13.2. The second-order valence-corrected chi connectivity index (χ2v) is 5.06. The molecular weight excluding hydrogens is 277 g/mol. The number of carbonyl (C=O) groups is 1. The van der Waals surface area contributed by atoms with E-state index in [1.54, 1.807) is 4.90 Å². The maximum Gasteiger partial charge on any atom is 0.285 e. The molecule has 1 heterocycles. The average molecular weight is 295 g/mol. The van der Waals surface area contributed by atoms with Gasteiger partial charge in [-0.25, -0.2) is 4.39 Å². The topological polar surface area (TPSA) is 75.5 Å². The standard InChI is InChI=1S/C14H18FN3O3/c1-2-7-17(11-5-6-16-9-11)14(19)12-4-3-10(15)8-13(12)18(20)21/h3-4,8,11,16H,2,5-7,9H2,1H3. The number of nitro benzene ring substituents is 1. The second-order valence-electron chi connectivity index (χ2n) is 5.06. The third kappa shape index (κ3) is 3.36. The van der Waals surface area contributed by atoms with Crippen molar-refractivity contribution in [2.45, 2.75) is 25.8 Å². The zero-order valence-electron chi connectivity index (χ0n) is 11.8. The lowest BCUT2D eigenvalue weighted by molar-refractivity contribution is -0.385. The summed E-state index contributed by atoms with van der Waals surface area (Å²) >= 11 is 0. The van der Waals surface area contributed by atoms with Gasteiger partial charge in [-0.2, -0.15) is 0 Å². The van der Waals surface area contributed by atoms with E-state index in [0.29, 0.717) is 13.1 Å². The van der Waals surface area contributed by atoms with E-state index >= 15 is 0 Å². The molecule has 0 bridgehead atoms. The minimum atomic E-state index is -0.720. The van der Waals surface area contributed by atoms with Crippen molar-refractivity contribution in [3.8, 4) is 0 Å². The minimum absolute atomic E-state index is 0.0297. The molecule has 0 radical (unpaired) electrons. The Morgan fingerprint density at radius 1 is 1.57 bits per heavy atom. The fourth-order valence-electron chi connectivity index (χ4n) is 2.59. The van der Waals surface area contributed by atoms with Crippen molar-refractivity contribution in [3.63, 3.8) is 0 Å². The van der Waals surface area contributed by atoms with E-state index in [2.05, 4.69) is 5.32 Å². The van der Waals surface area contributed by atoms with Gasteiger partial charge in [0.2, 0.25) is 0 Å². The number of nitrogens with one attached hydrogen (secondary N) is 1. The van der Waals surface area contributed by atoms with Crippen molar-refractivity contribution in [3.05, 3.63) is 39.7 Å². The van der Waals surface area contributed by atoms with Crippen molar-refractivity contribution in [1.82, 2.24) is 10.2 Å². The molecule has 6 nitrogen and oxygen atoms in total. The summed E-state index contributed by atoms with van der Waals surface area (Å²) in [4.78, 5) is 24.6. The number of nitrogens with zero attached hydrogens (tertiary/aromatic N) is 2. The number of nitro groups is 1. The summed E-state index contributed by atoms with van der Waals surface area (Å²) in [5, 5.41) is 14.2. The molecule has 1 fully saturated rings. The first-order valence-corrected chi connectivity index (χ1v) is 7.00. The molecule has 21 heavy (non-hydrogen) atoms. The van der Waals surface area contributed by atoms with E-state index in [0.717, 1.165) is 31.5 Å². The zero-order chi connectivity index (χ0) is 15.4. The first-order valence-electron chi connectivity index (χ1n) is 7.00. The third-order valence-corrected chi connectivity index (χ3v) is 3.59. The summed E-state index contributed by atoms with van der Waals surface area (Å²) in [7, 11) is 0. The minimum Gasteiger partial charge on any atom is -0.334 e. The molecule has 1 aromatic carbocycles. The molecular formula is C14H18FN3O3. The van der Waals surface area contributed by atoms with Crippen molar-refractivity contribution in [2.24, 2.45) is 0 Å². The van der Waals surface area contributed by atoms with Crippen LogP contribution in [-0.4, -0.2) is 41.4 Å². The van der Waals surface area contributed by atoms with Gasteiger partial charge >= 0.3 is 0 Å². The summed E-state index contributed by atoms with van der Waals surface area (Å²) in [5.41, 5.74) is -0.534.